The molecule has 0 atom stereocenters. The van der Waals surface area contributed by atoms with E-state index in [1.807, 2.05) is 31.2 Å². The normalized spacial score (nSPS) is 10.8. The number of aromatic nitrogens is 1. The maximum atomic E-state index is 6.17. The number of aryl methyl sites for hydroxylation is 2. The smallest absolute Gasteiger partial charge is 0.0711 e. The molecule has 19 heavy (non-hydrogen) atoms. The molecule has 2 N–H and O–H groups in total. The zero-order valence-corrected chi connectivity index (χ0v) is 11.1. The lowest BCUT2D eigenvalue weighted by molar-refractivity contribution is 1.26. The highest BCUT2D eigenvalue weighted by atomic mass is 14.7. The Balaban J connectivity index is 2.35. The number of pyridine rings is 1. The summed E-state index contributed by atoms with van der Waals surface area (Å²) in [7, 11) is 0. The third-order valence-electron chi connectivity index (χ3n) is 3.34. The molecule has 94 valence electrons. The van der Waals surface area contributed by atoms with Gasteiger partial charge >= 0.3 is 0 Å². The first-order chi connectivity index (χ1) is 9.15. The molecule has 3 rings (SSSR count). The molecule has 0 saturated heterocycles. The molecule has 1 heterocycles. The van der Waals surface area contributed by atoms with Crippen LogP contribution >= 0.6 is 0 Å². The molecule has 0 radical (unpaired) electrons. The third-order valence-corrected chi connectivity index (χ3v) is 3.34. The van der Waals surface area contributed by atoms with Crippen LogP contribution < -0.4 is 5.73 Å². The molecule has 0 aliphatic heterocycles. The molecule has 2 heteroatoms. The van der Waals surface area contributed by atoms with Crippen molar-refractivity contribution in [3.63, 3.8) is 0 Å². The first-order valence-electron chi connectivity index (χ1n) is 6.38. The van der Waals surface area contributed by atoms with E-state index in [2.05, 4.69) is 36.2 Å². The van der Waals surface area contributed by atoms with Crippen molar-refractivity contribution < 1.29 is 0 Å². The fraction of sp³-hybridized carbons (Fsp3) is 0.118. The number of hydrogen-bond acceptors (Lipinski definition) is 2. The first kappa shape index (κ1) is 11.7. The summed E-state index contributed by atoms with van der Waals surface area (Å²) in [6, 6.07) is 16.5. The molecule has 0 spiro atoms. The van der Waals surface area contributed by atoms with Crippen molar-refractivity contribution in [3.8, 4) is 11.1 Å². The van der Waals surface area contributed by atoms with E-state index in [4.69, 9.17) is 5.73 Å². The van der Waals surface area contributed by atoms with Crippen LogP contribution in [0.1, 0.15) is 11.3 Å². The summed E-state index contributed by atoms with van der Waals surface area (Å²) in [6.45, 7) is 4.07. The standard InChI is InChI=1S/C17H16N2/c1-11-7-8-13(16(18)9-11)15-10-12(2)19-17-6-4-3-5-14(15)17/h3-10H,18H2,1-2H3. The van der Waals surface area contributed by atoms with Gasteiger partial charge in [0.2, 0.25) is 0 Å². The van der Waals surface area contributed by atoms with Crippen molar-refractivity contribution in [1.29, 1.82) is 0 Å². The van der Waals surface area contributed by atoms with E-state index in [0.717, 1.165) is 33.4 Å². The Hall–Kier alpha value is -2.35. The van der Waals surface area contributed by atoms with E-state index in [0.29, 0.717) is 0 Å². The summed E-state index contributed by atoms with van der Waals surface area (Å²) in [4.78, 5) is 4.57. The summed E-state index contributed by atoms with van der Waals surface area (Å²) in [5.74, 6) is 0. The van der Waals surface area contributed by atoms with Crippen molar-refractivity contribution in [2.45, 2.75) is 13.8 Å². The molecule has 0 aliphatic carbocycles. The van der Waals surface area contributed by atoms with Crippen LogP contribution in [0.5, 0.6) is 0 Å². The lowest BCUT2D eigenvalue weighted by Crippen LogP contribution is -1.94. The van der Waals surface area contributed by atoms with Crippen LogP contribution in [0.2, 0.25) is 0 Å². The van der Waals surface area contributed by atoms with E-state index in [1.165, 1.54) is 5.56 Å². The molecule has 0 saturated carbocycles. The molecule has 0 unspecified atom stereocenters. The van der Waals surface area contributed by atoms with Gasteiger partial charge in [-0.1, -0.05) is 30.3 Å². The average molecular weight is 248 g/mol. The minimum Gasteiger partial charge on any atom is -0.398 e. The predicted molar refractivity (Wildman–Crippen MR) is 81.1 cm³/mol. The van der Waals surface area contributed by atoms with E-state index < -0.39 is 0 Å². The van der Waals surface area contributed by atoms with Gasteiger partial charge in [0, 0.05) is 22.3 Å². The number of fused-ring (bicyclic) bond motifs is 1. The SMILES string of the molecule is Cc1ccc(-c2cc(C)nc3ccccc23)c(N)c1. The van der Waals surface area contributed by atoms with Crippen LogP contribution in [0.15, 0.2) is 48.5 Å². The molecule has 2 nitrogen and oxygen atoms in total. The largest absolute Gasteiger partial charge is 0.398 e. The maximum Gasteiger partial charge on any atom is 0.0711 e. The molecular weight excluding hydrogens is 232 g/mol. The highest BCUT2D eigenvalue weighted by Crippen LogP contribution is 2.32. The summed E-state index contributed by atoms with van der Waals surface area (Å²) < 4.78 is 0. The van der Waals surface area contributed by atoms with Gasteiger partial charge in [0.05, 0.1) is 5.52 Å². The quantitative estimate of drug-likeness (QED) is 0.658. The van der Waals surface area contributed by atoms with E-state index in [-0.39, 0.29) is 0 Å². The Morgan fingerprint density at radius 1 is 0.895 bits per heavy atom. The zero-order valence-electron chi connectivity index (χ0n) is 11.1. The monoisotopic (exact) mass is 248 g/mol. The van der Waals surface area contributed by atoms with Gasteiger partial charge in [-0.2, -0.15) is 0 Å². The Labute approximate surface area is 112 Å². The van der Waals surface area contributed by atoms with Crippen molar-refractivity contribution in [2.24, 2.45) is 0 Å². The number of para-hydroxylation sites is 1. The summed E-state index contributed by atoms with van der Waals surface area (Å²) in [5, 5.41) is 1.14. The number of rotatable bonds is 1. The van der Waals surface area contributed by atoms with Crippen molar-refractivity contribution in [3.05, 3.63) is 59.8 Å². The molecule has 3 aromatic rings. The van der Waals surface area contributed by atoms with Crippen LogP contribution in [0.25, 0.3) is 22.0 Å². The second kappa shape index (κ2) is 4.39. The van der Waals surface area contributed by atoms with Gasteiger partial charge in [0.1, 0.15) is 0 Å². The lowest BCUT2D eigenvalue weighted by atomic mass is 9.98. The maximum absolute atomic E-state index is 6.17. The summed E-state index contributed by atoms with van der Waals surface area (Å²) in [5.41, 5.74) is 12.4. The van der Waals surface area contributed by atoms with Gasteiger partial charge < -0.3 is 5.73 Å². The van der Waals surface area contributed by atoms with Crippen LogP contribution in [-0.2, 0) is 0 Å². The van der Waals surface area contributed by atoms with Gasteiger partial charge in [-0.25, -0.2) is 0 Å². The van der Waals surface area contributed by atoms with Crippen molar-refractivity contribution in [1.82, 2.24) is 4.98 Å². The number of benzene rings is 2. The number of nitrogens with zero attached hydrogens (tertiary/aromatic N) is 1. The van der Waals surface area contributed by atoms with Crippen LogP contribution in [0, 0.1) is 13.8 Å². The van der Waals surface area contributed by atoms with E-state index in [9.17, 15) is 0 Å². The number of nitrogen functional groups attached to an aromatic ring is 1. The highest BCUT2D eigenvalue weighted by Gasteiger charge is 2.08. The topological polar surface area (TPSA) is 38.9 Å². The van der Waals surface area contributed by atoms with Crippen LogP contribution in [0.3, 0.4) is 0 Å². The fourth-order valence-corrected chi connectivity index (χ4v) is 2.46. The van der Waals surface area contributed by atoms with Crippen molar-refractivity contribution >= 4 is 16.6 Å². The zero-order chi connectivity index (χ0) is 13.4. The molecule has 0 bridgehead atoms. The minimum absolute atomic E-state index is 0.816. The second-order valence-corrected chi connectivity index (χ2v) is 4.92. The number of hydrogen-bond donors (Lipinski definition) is 1. The van der Waals surface area contributed by atoms with Gasteiger partial charge in [-0.15, -0.1) is 0 Å². The van der Waals surface area contributed by atoms with Gasteiger partial charge in [-0.3, -0.25) is 4.98 Å². The molecular formula is C17H16N2. The van der Waals surface area contributed by atoms with Gasteiger partial charge in [-0.05, 0) is 43.2 Å². The van der Waals surface area contributed by atoms with Crippen LogP contribution in [-0.4, -0.2) is 4.98 Å². The molecule has 0 fully saturated rings. The Morgan fingerprint density at radius 2 is 1.68 bits per heavy atom. The van der Waals surface area contributed by atoms with E-state index in [1.54, 1.807) is 0 Å². The Bertz CT molecular complexity index is 760. The van der Waals surface area contributed by atoms with Crippen LogP contribution in [0.4, 0.5) is 5.69 Å². The predicted octanol–water partition coefficient (Wildman–Crippen LogP) is 4.10. The third kappa shape index (κ3) is 2.06. The number of nitrogens with two attached hydrogens (primary N) is 1. The summed E-state index contributed by atoms with van der Waals surface area (Å²) >= 11 is 0. The van der Waals surface area contributed by atoms with Gasteiger partial charge in [0.25, 0.3) is 0 Å². The molecule has 0 aliphatic rings. The minimum atomic E-state index is 0.816. The molecule has 0 amide bonds. The molecule has 1 aromatic heterocycles. The fourth-order valence-electron chi connectivity index (χ4n) is 2.46. The van der Waals surface area contributed by atoms with E-state index >= 15 is 0 Å². The first-order valence-corrected chi connectivity index (χ1v) is 6.38. The highest BCUT2D eigenvalue weighted by molar-refractivity contribution is 5.97. The number of anilines is 1. The average Bonchev–Trinajstić information content (AvgIpc) is 2.38. The van der Waals surface area contributed by atoms with Crippen molar-refractivity contribution in [2.75, 3.05) is 5.73 Å². The molecule has 2 aromatic carbocycles. The second-order valence-electron chi connectivity index (χ2n) is 4.92. The Kier molecular flexibility index (Phi) is 2.71. The summed E-state index contributed by atoms with van der Waals surface area (Å²) in [6.07, 6.45) is 0. The lowest BCUT2D eigenvalue weighted by Gasteiger charge is -2.11. The van der Waals surface area contributed by atoms with Gasteiger partial charge in [0.15, 0.2) is 0 Å². The Morgan fingerprint density at radius 3 is 2.47 bits per heavy atom.